The summed E-state index contributed by atoms with van der Waals surface area (Å²) in [6.45, 7) is 0.655. The molecule has 0 radical (unpaired) electrons. The summed E-state index contributed by atoms with van der Waals surface area (Å²) in [6, 6.07) is 18.3. The maximum Gasteiger partial charge on any atom is 0.287 e. The van der Waals surface area contributed by atoms with Crippen LogP contribution in [0.2, 0.25) is 0 Å². The maximum absolute atomic E-state index is 12.6. The third-order valence-corrected chi connectivity index (χ3v) is 4.84. The number of carbonyl (C=O) groups is 2. The highest BCUT2D eigenvalue weighted by molar-refractivity contribution is 5.91. The molecule has 0 saturated heterocycles. The number of aromatic nitrogens is 2. The van der Waals surface area contributed by atoms with Crippen molar-refractivity contribution in [1.82, 2.24) is 20.2 Å². The number of benzene rings is 2. The molecule has 4 rings (SSSR count). The van der Waals surface area contributed by atoms with Crippen LogP contribution in [0.25, 0.3) is 11.0 Å². The monoisotopic (exact) mass is 418 g/mol. The molecule has 0 bridgehead atoms. The van der Waals surface area contributed by atoms with Gasteiger partial charge in [0.2, 0.25) is 5.91 Å². The Balaban J connectivity index is 1.45. The van der Waals surface area contributed by atoms with E-state index in [0.29, 0.717) is 12.4 Å². The molecular weight excluding hydrogens is 396 g/mol. The molecule has 2 aromatic heterocycles. The molecule has 2 N–H and O–H groups in total. The van der Waals surface area contributed by atoms with Crippen molar-refractivity contribution in [1.29, 1.82) is 0 Å². The van der Waals surface area contributed by atoms with E-state index in [2.05, 4.69) is 15.6 Å². The third kappa shape index (κ3) is 4.75. The topological polar surface area (TPSA) is 98.4 Å². The Morgan fingerprint density at radius 2 is 1.81 bits per heavy atom. The smallest absolute Gasteiger partial charge is 0.287 e. The Labute approximate surface area is 178 Å². The lowest BCUT2D eigenvalue weighted by Crippen LogP contribution is -2.29. The van der Waals surface area contributed by atoms with Crippen molar-refractivity contribution >= 4 is 22.8 Å². The Morgan fingerprint density at radius 3 is 2.55 bits per heavy atom. The van der Waals surface area contributed by atoms with Gasteiger partial charge in [0.05, 0.1) is 31.0 Å². The minimum absolute atomic E-state index is 0.0859. The third-order valence-electron chi connectivity index (χ3n) is 4.84. The van der Waals surface area contributed by atoms with Crippen molar-refractivity contribution < 1.29 is 18.7 Å². The molecule has 8 nitrogen and oxygen atoms in total. The predicted molar refractivity (Wildman–Crippen MR) is 114 cm³/mol. The number of nitrogens with zero attached hydrogens (tertiary/aromatic N) is 2. The number of methoxy groups -OCH3 is 1. The predicted octanol–water partition coefficient (Wildman–Crippen LogP) is 2.88. The summed E-state index contributed by atoms with van der Waals surface area (Å²) in [6.07, 6.45) is 1.44. The summed E-state index contributed by atoms with van der Waals surface area (Å²) in [5, 5.41) is 5.71. The lowest BCUT2D eigenvalue weighted by atomic mass is 10.2. The number of nitrogens with one attached hydrogen (secondary N) is 2. The fourth-order valence-corrected chi connectivity index (χ4v) is 3.23. The van der Waals surface area contributed by atoms with E-state index < -0.39 is 0 Å². The highest BCUT2D eigenvalue weighted by atomic mass is 16.5. The quantitative estimate of drug-likeness (QED) is 0.459. The second-order valence-electron chi connectivity index (χ2n) is 6.89. The highest BCUT2D eigenvalue weighted by Gasteiger charge is 2.15. The second-order valence-corrected chi connectivity index (χ2v) is 6.89. The Morgan fingerprint density at radius 1 is 1.00 bits per heavy atom. The standard InChI is InChI=1S/C23H22N4O4/c1-30-17-10-8-16(9-11-17)13-24-22(28)15-27-19-6-3-2-5-18(19)26-21(27)14-25-23(29)20-7-4-12-31-20/h2-12H,13-15H2,1H3,(H,24,28)(H,25,29). The molecule has 0 unspecified atom stereocenters. The molecule has 0 aliphatic rings. The van der Waals surface area contributed by atoms with Gasteiger partial charge < -0.3 is 24.4 Å². The number of ether oxygens (including phenoxy) is 1. The highest BCUT2D eigenvalue weighted by Crippen LogP contribution is 2.16. The zero-order valence-corrected chi connectivity index (χ0v) is 17.0. The first-order chi connectivity index (χ1) is 15.1. The molecule has 0 aliphatic heterocycles. The molecule has 8 heteroatoms. The number of hydrogen-bond donors (Lipinski definition) is 2. The first-order valence-corrected chi connectivity index (χ1v) is 9.79. The fraction of sp³-hybridized carbons (Fsp3) is 0.174. The summed E-state index contributed by atoms with van der Waals surface area (Å²) < 4.78 is 12.1. The van der Waals surface area contributed by atoms with Crippen molar-refractivity contribution in [2.75, 3.05) is 7.11 Å². The van der Waals surface area contributed by atoms with E-state index in [1.54, 1.807) is 23.8 Å². The molecule has 0 aliphatic carbocycles. The Hall–Kier alpha value is -4.07. The summed E-state index contributed by atoms with van der Waals surface area (Å²) in [7, 11) is 1.61. The molecule has 2 aromatic carbocycles. The molecule has 4 aromatic rings. The fourth-order valence-electron chi connectivity index (χ4n) is 3.23. The molecule has 0 fully saturated rings. The molecule has 2 heterocycles. The van der Waals surface area contributed by atoms with Gasteiger partial charge in [0.15, 0.2) is 5.76 Å². The molecular formula is C23H22N4O4. The summed E-state index contributed by atoms with van der Waals surface area (Å²) in [5.41, 5.74) is 2.55. The van der Waals surface area contributed by atoms with Crippen LogP contribution in [-0.4, -0.2) is 28.5 Å². The lowest BCUT2D eigenvalue weighted by molar-refractivity contribution is -0.121. The zero-order chi connectivity index (χ0) is 21.6. The van der Waals surface area contributed by atoms with Gasteiger partial charge in [0.25, 0.3) is 5.91 Å². The van der Waals surface area contributed by atoms with E-state index >= 15 is 0 Å². The van der Waals surface area contributed by atoms with Crippen LogP contribution in [0.4, 0.5) is 0 Å². The Bertz CT molecular complexity index is 1180. The summed E-state index contributed by atoms with van der Waals surface area (Å²) in [5.74, 6) is 1.08. The van der Waals surface area contributed by atoms with Crippen molar-refractivity contribution in [3.05, 3.63) is 84.1 Å². The summed E-state index contributed by atoms with van der Waals surface area (Å²) in [4.78, 5) is 29.4. The number of para-hydroxylation sites is 2. The largest absolute Gasteiger partial charge is 0.497 e. The van der Waals surface area contributed by atoms with Crippen molar-refractivity contribution in [2.45, 2.75) is 19.6 Å². The van der Waals surface area contributed by atoms with E-state index in [1.807, 2.05) is 48.5 Å². The zero-order valence-electron chi connectivity index (χ0n) is 17.0. The van der Waals surface area contributed by atoms with Crippen LogP contribution in [-0.2, 0) is 24.4 Å². The number of rotatable bonds is 8. The van der Waals surface area contributed by atoms with Crippen LogP contribution in [0.1, 0.15) is 21.9 Å². The van der Waals surface area contributed by atoms with Crippen LogP contribution in [0.3, 0.4) is 0 Å². The summed E-state index contributed by atoms with van der Waals surface area (Å²) >= 11 is 0. The van der Waals surface area contributed by atoms with Crippen LogP contribution < -0.4 is 15.4 Å². The molecule has 0 spiro atoms. The number of carbonyl (C=O) groups excluding carboxylic acids is 2. The van der Waals surface area contributed by atoms with Gasteiger partial charge in [-0.15, -0.1) is 0 Å². The van der Waals surface area contributed by atoms with E-state index in [4.69, 9.17) is 9.15 Å². The maximum atomic E-state index is 12.6. The van der Waals surface area contributed by atoms with Gasteiger partial charge in [-0.05, 0) is 42.0 Å². The van der Waals surface area contributed by atoms with Gasteiger partial charge in [0, 0.05) is 6.54 Å². The molecule has 2 amide bonds. The number of furan rings is 1. The van der Waals surface area contributed by atoms with E-state index in [1.165, 1.54) is 6.26 Å². The van der Waals surface area contributed by atoms with Gasteiger partial charge >= 0.3 is 0 Å². The molecule has 0 saturated carbocycles. The van der Waals surface area contributed by atoms with E-state index in [9.17, 15) is 9.59 Å². The number of fused-ring (bicyclic) bond motifs is 1. The van der Waals surface area contributed by atoms with Gasteiger partial charge in [-0.2, -0.15) is 0 Å². The Kier molecular flexibility index (Phi) is 5.98. The first-order valence-electron chi connectivity index (χ1n) is 9.79. The minimum Gasteiger partial charge on any atom is -0.497 e. The van der Waals surface area contributed by atoms with Gasteiger partial charge in [0.1, 0.15) is 18.1 Å². The normalized spacial score (nSPS) is 10.7. The van der Waals surface area contributed by atoms with Crippen molar-refractivity contribution in [3.8, 4) is 5.75 Å². The van der Waals surface area contributed by atoms with Crippen LogP contribution >= 0.6 is 0 Å². The van der Waals surface area contributed by atoms with Crippen molar-refractivity contribution in [2.24, 2.45) is 0 Å². The van der Waals surface area contributed by atoms with Gasteiger partial charge in [-0.1, -0.05) is 24.3 Å². The van der Waals surface area contributed by atoms with Crippen LogP contribution in [0.5, 0.6) is 5.75 Å². The van der Waals surface area contributed by atoms with Crippen LogP contribution in [0.15, 0.2) is 71.3 Å². The lowest BCUT2D eigenvalue weighted by Gasteiger charge is -2.11. The van der Waals surface area contributed by atoms with E-state index in [0.717, 1.165) is 22.3 Å². The first kappa shape index (κ1) is 20.2. The number of amides is 2. The molecule has 31 heavy (non-hydrogen) atoms. The van der Waals surface area contributed by atoms with Gasteiger partial charge in [-0.3, -0.25) is 9.59 Å². The van der Waals surface area contributed by atoms with Crippen LogP contribution in [0, 0.1) is 0 Å². The average molecular weight is 418 g/mol. The van der Waals surface area contributed by atoms with Gasteiger partial charge in [-0.25, -0.2) is 4.98 Å². The minimum atomic E-state index is -0.340. The SMILES string of the molecule is COc1ccc(CNC(=O)Cn2c(CNC(=O)c3ccco3)nc3ccccc32)cc1. The number of imidazole rings is 1. The molecule has 158 valence electrons. The van der Waals surface area contributed by atoms with E-state index in [-0.39, 0.29) is 30.7 Å². The molecule has 0 atom stereocenters. The number of hydrogen-bond acceptors (Lipinski definition) is 5. The average Bonchev–Trinajstić information content (AvgIpc) is 3.45. The second kappa shape index (κ2) is 9.17. The van der Waals surface area contributed by atoms with Crippen molar-refractivity contribution in [3.63, 3.8) is 0 Å².